The zero-order valence-electron chi connectivity index (χ0n) is 11.3. The number of rotatable bonds is 2. The summed E-state index contributed by atoms with van der Waals surface area (Å²) in [5.74, 6) is 3.04. The highest BCUT2D eigenvalue weighted by molar-refractivity contribution is 6.29. The highest BCUT2D eigenvalue weighted by atomic mass is 35.5. The van der Waals surface area contributed by atoms with Gasteiger partial charge in [0.1, 0.15) is 10.8 Å². The van der Waals surface area contributed by atoms with Crippen molar-refractivity contribution in [2.45, 2.75) is 38.1 Å². The van der Waals surface area contributed by atoms with Gasteiger partial charge in [0.15, 0.2) is 0 Å². The van der Waals surface area contributed by atoms with Gasteiger partial charge in [-0.3, -0.25) is 9.78 Å². The molecule has 0 saturated heterocycles. The van der Waals surface area contributed by atoms with Gasteiger partial charge in [0.05, 0.1) is 12.4 Å². The second-order valence-electron chi connectivity index (χ2n) is 6.66. The summed E-state index contributed by atoms with van der Waals surface area (Å²) >= 11 is 5.80. The molecule has 4 bridgehead atoms. The Bertz CT molecular complexity index is 520. The molecule has 5 rings (SSSR count). The molecule has 0 aliphatic heterocycles. The molecule has 0 atom stereocenters. The third kappa shape index (κ3) is 2.10. The Balaban J connectivity index is 1.50. The first kappa shape index (κ1) is 12.6. The average molecular weight is 292 g/mol. The maximum Gasteiger partial charge on any atom is 0.271 e. The fourth-order valence-corrected chi connectivity index (χ4v) is 4.99. The number of hydrogen-bond acceptors (Lipinski definition) is 3. The lowest BCUT2D eigenvalue weighted by Crippen LogP contribution is -2.55. The van der Waals surface area contributed by atoms with Crippen LogP contribution in [0.4, 0.5) is 0 Å². The largest absolute Gasteiger partial charge is 0.347 e. The predicted octanol–water partition coefficient (Wildman–Crippen LogP) is 2.68. The lowest BCUT2D eigenvalue weighted by atomic mass is 9.54. The SMILES string of the molecule is O=C(NC1C2CC3CC(C2)CC1C3)c1cncc(Cl)n1. The zero-order chi connectivity index (χ0) is 13.7. The van der Waals surface area contributed by atoms with Crippen LogP contribution < -0.4 is 5.32 Å². The van der Waals surface area contributed by atoms with Gasteiger partial charge < -0.3 is 5.32 Å². The number of amides is 1. The van der Waals surface area contributed by atoms with Crippen molar-refractivity contribution in [1.82, 2.24) is 15.3 Å². The van der Waals surface area contributed by atoms with Gasteiger partial charge in [-0.1, -0.05) is 11.6 Å². The van der Waals surface area contributed by atoms with E-state index in [1.54, 1.807) is 0 Å². The summed E-state index contributed by atoms with van der Waals surface area (Å²) < 4.78 is 0. The summed E-state index contributed by atoms with van der Waals surface area (Å²) in [6.45, 7) is 0. The molecule has 4 aliphatic rings. The summed E-state index contributed by atoms with van der Waals surface area (Å²) in [7, 11) is 0. The Morgan fingerprint density at radius 1 is 1.10 bits per heavy atom. The fourth-order valence-electron chi connectivity index (χ4n) is 4.84. The van der Waals surface area contributed by atoms with Crippen molar-refractivity contribution in [1.29, 1.82) is 0 Å². The molecule has 0 unspecified atom stereocenters. The summed E-state index contributed by atoms with van der Waals surface area (Å²) in [4.78, 5) is 20.3. The van der Waals surface area contributed by atoms with Crippen LogP contribution in [0.1, 0.15) is 42.6 Å². The van der Waals surface area contributed by atoms with E-state index in [0.29, 0.717) is 23.6 Å². The van der Waals surface area contributed by atoms with Crippen LogP contribution in [0.2, 0.25) is 5.15 Å². The van der Waals surface area contributed by atoms with Crippen LogP contribution in [0, 0.1) is 23.7 Å². The van der Waals surface area contributed by atoms with Crippen molar-refractivity contribution in [3.05, 3.63) is 23.2 Å². The summed E-state index contributed by atoms with van der Waals surface area (Å²) in [5.41, 5.74) is 0.325. The third-order valence-electron chi connectivity index (χ3n) is 5.36. The van der Waals surface area contributed by atoms with Crippen molar-refractivity contribution < 1.29 is 4.79 Å². The van der Waals surface area contributed by atoms with Gasteiger partial charge in [0.25, 0.3) is 5.91 Å². The molecular weight excluding hydrogens is 274 g/mol. The Hall–Kier alpha value is -1.16. The maximum absolute atomic E-state index is 12.3. The van der Waals surface area contributed by atoms with Crippen molar-refractivity contribution in [3.8, 4) is 0 Å². The van der Waals surface area contributed by atoms with E-state index in [1.807, 2.05) is 0 Å². The van der Waals surface area contributed by atoms with Crippen LogP contribution in [0.15, 0.2) is 12.4 Å². The zero-order valence-corrected chi connectivity index (χ0v) is 12.0. The second kappa shape index (κ2) is 4.69. The number of nitrogens with one attached hydrogen (secondary N) is 1. The van der Waals surface area contributed by atoms with Gasteiger partial charge in [0, 0.05) is 6.04 Å². The first-order chi connectivity index (χ1) is 9.69. The van der Waals surface area contributed by atoms with E-state index in [4.69, 9.17) is 11.6 Å². The van der Waals surface area contributed by atoms with Crippen LogP contribution in [0.25, 0.3) is 0 Å². The van der Waals surface area contributed by atoms with Crippen molar-refractivity contribution in [3.63, 3.8) is 0 Å². The summed E-state index contributed by atoms with van der Waals surface area (Å²) in [6.07, 6.45) is 9.52. The van der Waals surface area contributed by atoms with E-state index in [9.17, 15) is 4.79 Å². The number of halogens is 1. The molecule has 1 aromatic rings. The highest BCUT2D eigenvalue weighted by Crippen LogP contribution is 2.53. The molecule has 4 nitrogen and oxygen atoms in total. The number of carbonyl (C=O) groups excluding carboxylic acids is 1. The molecule has 4 saturated carbocycles. The smallest absolute Gasteiger partial charge is 0.271 e. The Labute approximate surface area is 123 Å². The molecule has 106 valence electrons. The molecule has 4 aliphatic carbocycles. The van der Waals surface area contributed by atoms with E-state index in [-0.39, 0.29) is 11.1 Å². The molecular formula is C15H18ClN3O. The number of aromatic nitrogens is 2. The van der Waals surface area contributed by atoms with Crippen LogP contribution in [0.3, 0.4) is 0 Å². The van der Waals surface area contributed by atoms with Gasteiger partial charge >= 0.3 is 0 Å². The fraction of sp³-hybridized carbons (Fsp3) is 0.667. The lowest BCUT2D eigenvalue weighted by Gasteiger charge is -2.54. The van der Waals surface area contributed by atoms with E-state index >= 15 is 0 Å². The topological polar surface area (TPSA) is 54.9 Å². The molecule has 4 fully saturated rings. The standard InChI is InChI=1S/C15H18ClN3O/c16-13-7-17-6-12(18-13)15(20)19-14-10-2-8-1-9(4-10)5-11(14)3-8/h6-11,14H,1-5H2,(H,19,20). The number of nitrogens with zero attached hydrogens (tertiary/aromatic N) is 2. The first-order valence-electron chi connectivity index (χ1n) is 7.47. The maximum atomic E-state index is 12.3. The number of hydrogen-bond donors (Lipinski definition) is 1. The minimum absolute atomic E-state index is 0.127. The van der Waals surface area contributed by atoms with Crippen LogP contribution in [-0.4, -0.2) is 21.9 Å². The molecule has 1 N–H and O–H groups in total. The molecule has 0 aromatic carbocycles. The molecule has 20 heavy (non-hydrogen) atoms. The third-order valence-corrected chi connectivity index (χ3v) is 5.54. The van der Waals surface area contributed by atoms with Gasteiger partial charge in [-0.2, -0.15) is 0 Å². The molecule has 5 heteroatoms. The minimum atomic E-state index is -0.127. The molecule has 0 spiro atoms. The van der Waals surface area contributed by atoms with E-state index < -0.39 is 0 Å². The molecule has 1 heterocycles. The monoisotopic (exact) mass is 291 g/mol. The van der Waals surface area contributed by atoms with Crippen molar-refractivity contribution in [2.75, 3.05) is 0 Å². The minimum Gasteiger partial charge on any atom is -0.347 e. The molecule has 0 radical (unpaired) electrons. The Morgan fingerprint density at radius 2 is 1.75 bits per heavy atom. The first-order valence-corrected chi connectivity index (χ1v) is 7.85. The van der Waals surface area contributed by atoms with Crippen molar-refractivity contribution in [2.24, 2.45) is 23.7 Å². The van der Waals surface area contributed by atoms with Gasteiger partial charge in [-0.05, 0) is 55.8 Å². The van der Waals surface area contributed by atoms with Crippen LogP contribution in [0.5, 0.6) is 0 Å². The van der Waals surface area contributed by atoms with E-state index in [0.717, 1.165) is 11.8 Å². The predicted molar refractivity (Wildman–Crippen MR) is 75.3 cm³/mol. The molecule has 1 aromatic heterocycles. The Kier molecular flexibility index (Phi) is 2.95. The quantitative estimate of drug-likeness (QED) is 0.911. The van der Waals surface area contributed by atoms with Crippen LogP contribution >= 0.6 is 11.6 Å². The van der Waals surface area contributed by atoms with Gasteiger partial charge in [-0.15, -0.1) is 0 Å². The van der Waals surface area contributed by atoms with Gasteiger partial charge in [-0.25, -0.2) is 4.98 Å². The second-order valence-corrected chi connectivity index (χ2v) is 7.04. The van der Waals surface area contributed by atoms with Gasteiger partial charge in [0.2, 0.25) is 0 Å². The van der Waals surface area contributed by atoms with Crippen molar-refractivity contribution >= 4 is 17.5 Å². The summed E-state index contributed by atoms with van der Waals surface area (Å²) in [5, 5.41) is 3.47. The average Bonchev–Trinajstić information content (AvgIpc) is 2.42. The lowest BCUT2D eigenvalue weighted by molar-refractivity contribution is -0.0120. The normalized spacial score (nSPS) is 38.0. The Morgan fingerprint density at radius 3 is 2.35 bits per heavy atom. The van der Waals surface area contributed by atoms with E-state index in [1.165, 1.54) is 44.5 Å². The van der Waals surface area contributed by atoms with E-state index in [2.05, 4.69) is 15.3 Å². The molecule has 1 amide bonds. The van der Waals surface area contributed by atoms with Crippen LogP contribution in [-0.2, 0) is 0 Å². The summed E-state index contributed by atoms with van der Waals surface area (Å²) in [6, 6.07) is 0.330. The highest BCUT2D eigenvalue weighted by Gasteiger charge is 2.48. The number of carbonyl (C=O) groups is 1.